The molecule has 0 aliphatic rings. The standard InChI is InChI=1S/C13H10O3.C4H6/c14-13(15-11-7-3-1-4-8-11)16-12-9-5-2-6-10-12;1-3-4-2/h1-10H;3-4H,1-2H2. The van der Waals surface area contributed by atoms with Gasteiger partial charge in [-0.25, -0.2) is 4.79 Å². The zero-order valence-corrected chi connectivity index (χ0v) is 11.1. The molecule has 20 heavy (non-hydrogen) atoms. The Morgan fingerprint density at radius 3 is 1.40 bits per heavy atom. The van der Waals surface area contributed by atoms with E-state index < -0.39 is 6.16 Å². The largest absolute Gasteiger partial charge is 0.519 e. The van der Waals surface area contributed by atoms with Gasteiger partial charge < -0.3 is 9.47 Å². The Labute approximate surface area is 118 Å². The summed E-state index contributed by atoms with van der Waals surface area (Å²) < 4.78 is 9.91. The third kappa shape index (κ3) is 6.21. The maximum Gasteiger partial charge on any atom is 0.519 e. The predicted molar refractivity (Wildman–Crippen MR) is 79.9 cm³/mol. The lowest BCUT2D eigenvalue weighted by molar-refractivity contribution is 0.152. The summed E-state index contributed by atoms with van der Waals surface area (Å²) in [6, 6.07) is 17.6. The van der Waals surface area contributed by atoms with Crippen molar-refractivity contribution in [2.24, 2.45) is 0 Å². The van der Waals surface area contributed by atoms with Crippen LogP contribution in [0.25, 0.3) is 0 Å². The van der Waals surface area contributed by atoms with Gasteiger partial charge in [0, 0.05) is 0 Å². The molecule has 0 aliphatic heterocycles. The van der Waals surface area contributed by atoms with Crippen LogP contribution < -0.4 is 9.47 Å². The second kappa shape index (κ2) is 9.16. The first kappa shape index (κ1) is 15.2. The van der Waals surface area contributed by atoms with Crippen molar-refractivity contribution in [3.8, 4) is 11.5 Å². The maximum absolute atomic E-state index is 11.3. The van der Waals surface area contributed by atoms with Crippen LogP contribution in [0.5, 0.6) is 11.5 Å². The SMILES string of the molecule is C=CC=C.O=C(Oc1ccccc1)Oc1ccccc1. The van der Waals surface area contributed by atoms with Crippen LogP contribution in [-0.2, 0) is 0 Å². The van der Waals surface area contributed by atoms with E-state index in [-0.39, 0.29) is 0 Å². The molecule has 102 valence electrons. The van der Waals surface area contributed by atoms with Crippen LogP contribution in [0.15, 0.2) is 86.0 Å². The minimum absolute atomic E-state index is 0.462. The lowest BCUT2D eigenvalue weighted by atomic mass is 10.3. The highest BCUT2D eigenvalue weighted by Crippen LogP contribution is 2.12. The Morgan fingerprint density at radius 1 is 0.750 bits per heavy atom. The van der Waals surface area contributed by atoms with Crippen LogP contribution in [-0.4, -0.2) is 6.16 Å². The number of allylic oxidation sites excluding steroid dienone is 2. The van der Waals surface area contributed by atoms with Crippen LogP contribution in [0.4, 0.5) is 4.79 Å². The molecule has 0 saturated carbocycles. The molecule has 2 rings (SSSR count). The molecule has 0 amide bonds. The van der Waals surface area contributed by atoms with Crippen LogP contribution in [0.2, 0.25) is 0 Å². The van der Waals surface area contributed by atoms with E-state index in [4.69, 9.17) is 9.47 Å². The fraction of sp³-hybridized carbons (Fsp3) is 0. The highest BCUT2D eigenvalue weighted by Gasteiger charge is 2.06. The molecule has 0 aliphatic carbocycles. The lowest BCUT2D eigenvalue weighted by Crippen LogP contribution is -2.13. The molecule has 0 N–H and O–H groups in total. The number of benzene rings is 2. The van der Waals surface area contributed by atoms with Gasteiger partial charge >= 0.3 is 6.16 Å². The lowest BCUT2D eigenvalue weighted by Gasteiger charge is -2.04. The number of carbonyl (C=O) groups excluding carboxylic acids is 1. The topological polar surface area (TPSA) is 35.5 Å². The van der Waals surface area contributed by atoms with Crippen molar-refractivity contribution in [2.45, 2.75) is 0 Å². The Hall–Kier alpha value is -2.81. The van der Waals surface area contributed by atoms with Crippen molar-refractivity contribution in [2.75, 3.05) is 0 Å². The summed E-state index contributed by atoms with van der Waals surface area (Å²) in [5, 5.41) is 0. The zero-order valence-electron chi connectivity index (χ0n) is 11.1. The first-order chi connectivity index (χ1) is 9.76. The van der Waals surface area contributed by atoms with Gasteiger partial charge in [-0.15, -0.1) is 0 Å². The van der Waals surface area contributed by atoms with Crippen LogP contribution in [0, 0.1) is 0 Å². The molecule has 0 radical (unpaired) electrons. The van der Waals surface area contributed by atoms with Crippen molar-refractivity contribution >= 4 is 6.16 Å². The second-order valence-corrected chi connectivity index (χ2v) is 3.55. The summed E-state index contributed by atoms with van der Waals surface area (Å²) in [6.45, 7) is 6.72. The van der Waals surface area contributed by atoms with E-state index in [1.807, 2.05) is 12.1 Å². The summed E-state index contributed by atoms with van der Waals surface area (Å²) >= 11 is 0. The molecule has 0 fully saturated rings. The van der Waals surface area contributed by atoms with Crippen molar-refractivity contribution in [3.05, 3.63) is 86.0 Å². The molecular weight excluding hydrogens is 252 g/mol. The molecule has 0 spiro atoms. The van der Waals surface area contributed by atoms with Gasteiger partial charge in [-0.1, -0.05) is 61.7 Å². The minimum Gasteiger partial charge on any atom is -0.395 e. The van der Waals surface area contributed by atoms with Gasteiger partial charge in [-0.05, 0) is 24.3 Å². The fourth-order valence-corrected chi connectivity index (χ4v) is 1.19. The van der Waals surface area contributed by atoms with Crippen molar-refractivity contribution < 1.29 is 14.3 Å². The monoisotopic (exact) mass is 268 g/mol. The molecule has 0 saturated heterocycles. The summed E-state index contributed by atoms with van der Waals surface area (Å²) in [5.74, 6) is 0.923. The molecule has 3 nitrogen and oxygen atoms in total. The van der Waals surface area contributed by atoms with Crippen LogP contribution in [0.3, 0.4) is 0 Å². The smallest absolute Gasteiger partial charge is 0.395 e. The van der Waals surface area contributed by atoms with Crippen LogP contribution in [0.1, 0.15) is 0 Å². The Morgan fingerprint density at radius 2 is 1.10 bits per heavy atom. The third-order valence-electron chi connectivity index (χ3n) is 2.06. The summed E-state index contributed by atoms with van der Waals surface area (Å²) in [7, 11) is 0. The van der Waals surface area contributed by atoms with E-state index in [1.54, 1.807) is 60.7 Å². The van der Waals surface area contributed by atoms with Crippen LogP contribution >= 0.6 is 0 Å². The third-order valence-corrected chi connectivity index (χ3v) is 2.06. The molecular formula is C17H16O3. The normalized spacial score (nSPS) is 8.60. The molecule has 0 atom stereocenters. The van der Waals surface area contributed by atoms with Crippen molar-refractivity contribution in [1.29, 1.82) is 0 Å². The molecule has 2 aromatic carbocycles. The van der Waals surface area contributed by atoms with Gasteiger partial charge in [0.05, 0.1) is 0 Å². The molecule has 3 heteroatoms. The summed E-state index contributed by atoms with van der Waals surface area (Å²) in [5.41, 5.74) is 0. The minimum atomic E-state index is -0.739. The Bertz CT molecular complexity index is 483. The Kier molecular flexibility index (Phi) is 6.99. The Balaban J connectivity index is 0.000000444. The van der Waals surface area contributed by atoms with Gasteiger partial charge in [0.15, 0.2) is 0 Å². The summed E-state index contributed by atoms with van der Waals surface area (Å²) in [4.78, 5) is 11.3. The highest BCUT2D eigenvalue weighted by molar-refractivity contribution is 5.66. The number of ether oxygens (including phenoxy) is 2. The first-order valence-electron chi connectivity index (χ1n) is 5.99. The second-order valence-electron chi connectivity index (χ2n) is 3.55. The van der Waals surface area contributed by atoms with Gasteiger partial charge in [0.1, 0.15) is 11.5 Å². The van der Waals surface area contributed by atoms with Gasteiger partial charge in [-0.3, -0.25) is 0 Å². The van der Waals surface area contributed by atoms with Gasteiger partial charge in [-0.2, -0.15) is 0 Å². The molecule has 0 unspecified atom stereocenters. The molecule has 0 bridgehead atoms. The molecule has 2 aromatic rings. The fourth-order valence-electron chi connectivity index (χ4n) is 1.19. The van der Waals surface area contributed by atoms with E-state index in [9.17, 15) is 4.79 Å². The number of para-hydroxylation sites is 2. The average molecular weight is 268 g/mol. The highest BCUT2D eigenvalue weighted by atomic mass is 16.7. The van der Waals surface area contributed by atoms with E-state index >= 15 is 0 Å². The van der Waals surface area contributed by atoms with E-state index in [1.165, 1.54) is 0 Å². The predicted octanol–water partition coefficient (Wildman–Crippen LogP) is 4.62. The van der Waals surface area contributed by atoms with E-state index in [0.717, 1.165) is 0 Å². The average Bonchev–Trinajstić information content (AvgIpc) is 2.49. The molecule has 0 aromatic heterocycles. The quantitative estimate of drug-likeness (QED) is 0.463. The van der Waals surface area contributed by atoms with Crippen molar-refractivity contribution in [1.82, 2.24) is 0 Å². The van der Waals surface area contributed by atoms with Gasteiger partial charge in [0.2, 0.25) is 0 Å². The number of carbonyl (C=O) groups is 1. The summed E-state index contributed by atoms with van der Waals surface area (Å²) in [6.07, 6.45) is 2.54. The number of hydrogen-bond donors (Lipinski definition) is 0. The van der Waals surface area contributed by atoms with Gasteiger partial charge in [0.25, 0.3) is 0 Å². The molecule has 0 heterocycles. The number of hydrogen-bond acceptors (Lipinski definition) is 3. The number of rotatable bonds is 3. The first-order valence-corrected chi connectivity index (χ1v) is 5.99. The van der Waals surface area contributed by atoms with E-state index in [0.29, 0.717) is 11.5 Å². The maximum atomic E-state index is 11.3. The zero-order chi connectivity index (χ0) is 14.6. The van der Waals surface area contributed by atoms with E-state index in [2.05, 4.69) is 13.2 Å². The van der Waals surface area contributed by atoms with Crippen molar-refractivity contribution in [3.63, 3.8) is 0 Å².